The summed E-state index contributed by atoms with van der Waals surface area (Å²) in [6.45, 7) is 4.57. The highest BCUT2D eigenvalue weighted by atomic mass is 16.6. The van der Waals surface area contributed by atoms with Crippen molar-refractivity contribution in [3.05, 3.63) is 48.6 Å². The maximum atomic E-state index is 12.8. The average Bonchev–Trinajstić information content (AvgIpc) is 3.26. The zero-order valence-corrected chi connectivity index (χ0v) is 42.4. The normalized spacial score (nSPS) is 13.2. The van der Waals surface area contributed by atoms with Crippen LogP contribution in [0.5, 0.6) is 0 Å². The first-order chi connectivity index (χ1) is 31.1. The van der Waals surface area contributed by atoms with Crippen LogP contribution in [0.25, 0.3) is 0 Å². The summed E-state index contributed by atoms with van der Waals surface area (Å²) in [5, 5.41) is 11.7. The summed E-state index contributed by atoms with van der Waals surface area (Å²) in [6, 6.07) is -0.727. The first kappa shape index (κ1) is 61.3. The van der Waals surface area contributed by atoms with Crippen LogP contribution in [0.2, 0.25) is 0 Å². The molecule has 0 spiro atoms. The van der Waals surface area contributed by atoms with Gasteiger partial charge in [0, 0.05) is 19.3 Å². The molecule has 0 saturated heterocycles. The van der Waals surface area contributed by atoms with Gasteiger partial charge in [0.05, 0.1) is 40.3 Å². The van der Waals surface area contributed by atoms with Crippen LogP contribution in [0.15, 0.2) is 48.6 Å². The van der Waals surface area contributed by atoms with Crippen LogP contribution in [0, 0.1) is 0 Å². The maximum absolute atomic E-state index is 12.8. The van der Waals surface area contributed by atoms with Crippen LogP contribution in [0.4, 0.5) is 0 Å². The van der Waals surface area contributed by atoms with Crippen LogP contribution in [0.3, 0.4) is 0 Å². The number of carbonyl (C=O) groups excluding carboxylic acids is 3. The molecule has 0 bridgehead atoms. The van der Waals surface area contributed by atoms with Gasteiger partial charge in [-0.2, -0.15) is 0 Å². The Hall–Kier alpha value is -2.71. The van der Waals surface area contributed by atoms with Crippen molar-refractivity contribution in [3.8, 4) is 0 Å². The fourth-order valence-electron chi connectivity index (χ4n) is 7.85. The van der Waals surface area contributed by atoms with Crippen molar-refractivity contribution in [2.45, 2.75) is 251 Å². The van der Waals surface area contributed by atoms with Crippen LogP contribution >= 0.6 is 0 Å². The highest BCUT2D eigenvalue weighted by Crippen LogP contribution is 2.16. The summed E-state index contributed by atoms with van der Waals surface area (Å²) in [5.41, 5.74) is 0. The predicted octanol–water partition coefficient (Wildman–Crippen LogP) is 14.2. The third-order valence-corrected chi connectivity index (χ3v) is 11.9. The molecule has 8 nitrogen and oxygen atoms in total. The number of allylic oxidation sites excluding steroid dienone is 8. The second-order valence-electron chi connectivity index (χ2n) is 19.1. The number of esters is 2. The Morgan fingerprint density at radius 2 is 0.875 bits per heavy atom. The van der Waals surface area contributed by atoms with Crippen molar-refractivity contribution >= 4 is 17.9 Å². The Balaban J connectivity index is 4.20. The quantitative estimate of drug-likeness (QED) is 0.0259. The molecule has 0 radical (unpaired) electrons. The molecule has 2 atom stereocenters. The molecule has 372 valence electrons. The number of carboxylic acid groups (broad SMARTS) is 1. The first-order valence-electron chi connectivity index (χ1n) is 26.7. The smallest absolute Gasteiger partial charge is 0.306 e. The number of carboxylic acids is 1. The topological polar surface area (TPSA) is 102 Å². The van der Waals surface area contributed by atoms with Gasteiger partial charge < -0.3 is 28.6 Å². The van der Waals surface area contributed by atoms with E-state index in [1.165, 1.54) is 148 Å². The number of quaternary nitrogens is 1. The Morgan fingerprint density at radius 3 is 1.31 bits per heavy atom. The van der Waals surface area contributed by atoms with E-state index < -0.39 is 18.1 Å². The minimum atomic E-state index is -1.12. The monoisotopic (exact) mass is 900 g/mol. The van der Waals surface area contributed by atoms with Gasteiger partial charge in [-0.15, -0.1) is 0 Å². The molecule has 2 unspecified atom stereocenters. The molecule has 0 N–H and O–H groups in total. The molecule has 8 heteroatoms. The van der Waals surface area contributed by atoms with Crippen molar-refractivity contribution in [1.29, 1.82) is 0 Å². The predicted molar refractivity (Wildman–Crippen MR) is 268 cm³/mol. The molecule has 0 rings (SSSR count). The van der Waals surface area contributed by atoms with Crippen LogP contribution in [0.1, 0.15) is 239 Å². The number of rotatable bonds is 48. The van der Waals surface area contributed by atoms with E-state index in [1.54, 1.807) is 21.1 Å². The zero-order chi connectivity index (χ0) is 47.0. The number of hydrogen-bond acceptors (Lipinski definition) is 7. The van der Waals surface area contributed by atoms with E-state index >= 15 is 0 Å². The average molecular weight is 900 g/mol. The number of ether oxygens (including phenoxy) is 3. The fraction of sp³-hybridized carbons (Fsp3) is 0.804. The lowest BCUT2D eigenvalue weighted by Gasteiger charge is -2.34. The molecule has 0 aliphatic heterocycles. The highest BCUT2D eigenvalue weighted by molar-refractivity contribution is 5.70. The first-order valence-corrected chi connectivity index (χ1v) is 26.7. The van der Waals surface area contributed by atoms with Gasteiger partial charge in [0.25, 0.3) is 0 Å². The van der Waals surface area contributed by atoms with Crippen molar-refractivity contribution in [1.82, 2.24) is 0 Å². The standard InChI is InChI=1S/C56H101NO7/c1-6-8-10-12-14-16-18-20-22-24-25-26-27-28-29-31-33-35-37-39-41-43-45-47-55(59)64-52(50-62-49-48-53(56(60)61)57(3,4)5)51-63-54(58)46-44-42-40-38-36-34-32-30-23-21-19-17-15-13-11-9-7-2/h8,10,14,16,20-23,52-53H,6-7,9,11-13,15,17-19,24-51H2,1-5H3/b10-8+,16-14+,22-20+,23-21+. The van der Waals surface area contributed by atoms with E-state index in [0.29, 0.717) is 12.8 Å². The third-order valence-electron chi connectivity index (χ3n) is 11.9. The molecule has 0 aliphatic rings. The molecule has 0 heterocycles. The summed E-state index contributed by atoms with van der Waals surface area (Å²) < 4.78 is 17.3. The van der Waals surface area contributed by atoms with E-state index in [2.05, 4.69) is 62.5 Å². The van der Waals surface area contributed by atoms with Gasteiger partial charge in [0.15, 0.2) is 6.10 Å². The molecule has 0 aromatic rings. The van der Waals surface area contributed by atoms with Gasteiger partial charge in [-0.3, -0.25) is 9.59 Å². The third kappa shape index (κ3) is 44.5. The lowest BCUT2D eigenvalue weighted by molar-refractivity contribution is -0.889. The SMILES string of the molecule is CC/C=C/C/C=C/C/C=C/CCCCCCCCCCCCCCCC(=O)OC(COCCC(C(=O)[O-])[N+](C)(C)C)COC(=O)CCCCCCCCC/C=C/CCCCCCCC. The van der Waals surface area contributed by atoms with E-state index in [1.807, 2.05) is 0 Å². The highest BCUT2D eigenvalue weighted by Gasteiger charge is 2.25. The Labute approximate surface area is 395 Å². The lowest BCUT2D eigenvalue weighted by atomic mass is 10.0. The molecule has 0 fully saturated rings. The molecule has 64 heavy (non-hydrogen) atoms. The van der Waals surface area contributed by atoms with Crippen molar-refractivity contribution in [2.75, 3.05) is 41.0 Å². The lowest BCUT2D eigenvalue weighted by Crippen LogP contribution is -2.55. The second-order valence-corrected chi connectivity index (χ2v) is 19.1. The summed E-state index contributed by atoms with van der Waals surface area (Å²) >= 11 is 0. The van der Waals surface area contributed by atoms with E-state index in [9.17, 15) is 19.5 Å². The van der Waals surface area contributed by atoms with Crippen LogP contribution < -0.4 is 5.11 Å². The Kier molecular flexibility index (Phi) is 44.8. The molecule has 0 aromatic heterocycles. The van der Waals surface area contributed by atoms with Gasteiger partial charge in [-0.25, -0.2) is 0 Å². The number of hydrogen-bond donors (Lipinski definition) is 0. The number of likely N-dealkylation sites (N-methyl/N-ethyl adjacent to an activating group) is 1. The zero-order valence-electron chi connectivity index (χ0n) is 42.4. The van der Waals surface area contributed by atoms with Gasteiger partial charge >= 0.3 is 11.9 Å². The Bertz CT molecular complexity index is 1190. The maximum Gasteiger partial charge on any atom is 0.306 e. The van der Waals surface area contributed by atoms with E-state index in [4.69, 9.17) is 14.2 Å². The van der Waals surface area contributed by atoms with Gasteiger partial charge in [-0.1, -0.05) is 197 Å². The van der Waals surface area contributed by atoms with Crippen molar-refractivity contribution in [2.24, 2.45) is 0 Å². The number of carbonyl (C=O) groups is 3. The number of aliphatic carboxylic acids is 1. The largest absolute Gasteiger partial charge is 0.544 e. The molecular formula is C56H101NO7. The minimum absolute atomic E-state index is 0.0403. The summed E-state index contributed by atoms with van der Waals surface area (Å²) in [7, 11) is 5.42. The van der Waals surface area contributed by atoms with Crippen molar-refractivity contribution < 1.29 is 38.2 Å². The molecule has 0 aromatic carbocycles. The van der Waals surface area contributed by atoms with E-state index in [-0.39, 0.29) is 42.7 Å². The van der Waals surface area contributed by atoms with Crippen molar-refractivity contribution in [3.63, 3.8) is 0 Å². The molecular weight excluding hydrogens is 799 g/mol. The summed E-state index contributed by atoms with van der Waals surface area (Å²) in [6.07, 6.45) is 57.1. The van der Waals surface area contributed by atoms with Gasteiger partial charge in [-0.05, 0) is 70.6 Å². The van der Waals surface area contributed by atoms with Crippen LogP contribution in [-0.4, -0.2) is 75.5 Å². The summed E-state index contributed by atoms with van der Waals surface area (Å²) in [4.78, 5) is 37.1. The number of nitrogens with zero attached hydrogens (tertiary/aromatic N) is 1. The van der Waals surface area contributed by atoms with E-state index in [0.717, 1.165) is 57.8 Å². The van der Waals surface area contributed by atoms with Gasteiger partial charge in [0.2, 0.25) is 0 Å². The number of unbranched alkanes of at least 4 members (excludes halogenated alkanes) is 26. The summed E-state index contributed by atoms with van der Waals surface area (Å²) in [5.74, 6) is -1.73. The second kappa shape index (κ2) is 46.8. The molecule has 0 amide bonds. The molecule has 0 saturated carbocycles. The Morgan fingerprint density at radius 1 is 0.484 bits per heavy atom. The minimum Gasteiger partial charge on any atom is -0.544 e. The van der Waals surface area contributed by atoms with Crippen LogP contribution in [-0.2, 0) is 28.6 Å². The van der Waals surface area contributed by atoms with Gasteiger partial charge in [0.1, 0.15) is 12.6 Å². The fourth-order valence-corrected chi connectivity index (χ4v) is 7.85. The molecule has 0 aliphatic carbocycles.